The lowest BCUT2D eigenvalue weighted by molar-refractivity contribution is 0.661. The summed E-state index contributed by atoms with van der Waals surface area (Å²) in [4.78, 5) is 15.3. The van der Waals surface area contributed by atoms with E-state index in [1.54, 1.807) is 0 Å². The molecule has 0 radical (unpaired) electrons. The van der Waals surface area contributed by atoms with Gasteiger partial charge in [-0.25, -0.2) is 15.0 Å². The Hall–Kier alpha value is -6.19. The van der Waals surface area contributed by atoms with Crippen molar-refractivity contribution in [1.29, 1.82) is 0 Å². The van der Waals surface area contributed by atoms with Crippen LogP contribution in [-0.4, -0.2) is 15.0 Å². The number of benzene rings is 8. The minimum absolute atomic E-state index is 0.248. The fraction of sp³-hybridized carbons (Fsp3) is 0.0652. The van der Waals surface area contributed by atoms with Gasteiger partial charge in [0.1, 0.15) is 0 Å². The van der Waals surface area contributed by atoms with Gasteiger partial charge in [0.05, 0.1) is 0 Å². The number of hydrogen-bond acceptors (Lipinski definition) is 3. The molecule has 0 aliphatic heterocycles. The highest BCUT2D eigenvalue weighted by molar-refractivity contribution is 6.30. The van der Waals surface area contributed by atoms with Crippen LogP contribution in [0.15, 0.2) is 152 Å². The smallest absolute Gasteiger partial charge is 0.164 e. The fourth-order valence-corrected chi connectivity index (χ4v) is 8.17. The Kier molecular flexibility index (Phi) is 5.92. The molecule has 0 bridgehead atoms. The van der Waals surface area contributed by atoms with E-state index < -0.39 is 0 Å². The second-order valence-corrected chi connectivity index (χ2v) is 13.6. The largest absolute Gasteiger partial charge is 0.208 e. The molecular weight excluding hydrogens is 595 g/mol. The summed E-state index contributed by atoms with van der Waals surface area (Å²) in [5, 5.41) is 10.1. The van der Waals surface area contributed by atoms with E-state index in [0.717, 1.165) is 22.1 Å². The Morgan fingerprint density at radius 3 is 1.41 bits per heavy atom. The van der Waals surface area contributed by atoms with Gasteiger partial charge in [0.2, 0.25) is 0 Å². The van der Waals surface area contributed by atoms with Crippen LogP contribution < -0.4 is 0 Å². The van der Waals surface area contributed by atoms with Crippen LogP contribution in [0.5, 0.6) is 0 Å². The van der Waals surface area contributed by atoms with Gasteiger partial charge in [-0.3, -0.25) is 0 Å². The third-order valence-electron chi connectivity index (χ3n) is 10.5. The van der Waals surface area contributed by atoms with Crippen molar-refractivity contribution in [2.75, 3.05) is 0 Å². The van der Waals surface area contributed by atoms with Gasteiger partial charge in [-0.05, 0) is 71.4 Å². The topological polar surface area (TPSA) is 38.7 Å². The van der Waals surface area contributed by atoms with Crippen LogP contribution >= 0.6 is 0 Å². The van der Waals surface area contributed by atoms with Gasteiger partial charge in [0, 0.05) is 22.1 Å². The van der Waals surface area contributed by atoms with E-state index in [9.17, 15) is 0 Å². The molecule has 0 N–H and O–H groups in total. The average molecular weight is 626 g/mol. The Bertz CT molecular complexity index is 2690. The van der Waals surface area contributed by atoms with Crippen LogP contribution in [0.3, 0.4) is 0 Å². The van der Waals surface area contributed by atoms with Gasteiger partial charge >= 0.3 is 0 Å². The van der Waals surface area contributed by atoms with Crippen LogP contribution in [-0.2, 0) is 5.41 Å². The molecule has 0 fully saturated rings. The fourth-order valence-electron chi connectivity index (χ4n) is 8.17. The van der Waals surface area contributed by atoms with Crippen LogP contribution in [0.4, 0.5) is 0 Å². The summed E-state index contributed by atoms with van der Waals surface area (Å²) in [6.07, 6.45) is 0. The van der Waals surface area contributed by atoms with Crippen LogP contribution in [0.1, 0.15) is 25.0 Å². The van der Waals surface area contributed by atoms with Crippen molar-refractivity contribution in [3.05, 3.63) is 163 Å². The van der Waals surface area contributed by atoms with Crippen molar-refractivity contribution in [3.8, 4) is 45.3 Å². The molecule has 1 aliphatic carbocycles. The molecule has 49 heavy (non-hydrogen) atoms. The van der Waals surface area contributed by atoms with Crippen LogP contribution in [0.2, 0.25) is 0 Å². The highest BCUT2D eigenvalue weighted by Gasteiger charge is 2.39. The maximum atomic E-state index is 5.17. The van der Waals surface area contributed by atoms with E-state index in [0.29, 0.717) is 17.5 Å². The summed E-state index contributed by atoms with van der Waals surface area (Å²) < 4.78 is 0. The molecule has 0 unspecified atom stereocenters. The van der Waals surface area contributed by atoms with Crippen LogP contribution in [0, 0.1) is 0 Å². The Morgan fingerprint density at radius 1 is 0.367 bits per heavy atom. The summed E-state index contributed by atoms with van der Waals surface area (Å²) in [7, 11) is 0. The molecule has 1 aromatic heterocycles. The molecular formula is C46H31N3. The molecule has 3 heteroatoms. The van der Waals surface area contributed by atoms with E-state index in [2.05, 4.69) is 129 Å². The first kappa shape index (κ1) is 27.9. The van der Waals surface area contributed by atoms with Crippen molar-refractivity contribution >= 4 is 43.1 Å². The molecule has 1 heterocycles. The van der Waals surface area contributed by atoms with Crippen molar-refractivity contribution < 1.29 is 0 Å². The normalized spacial score (nSPS) is 13.3. The molecule has 0 saturated heterocycles. The van der Waals surface area contributed by atoms with Crippen molar-refractivity contribution in [3.63, 3.8) is 0 Å². The molecule has 0 saturated carbocycles. The highest BCUT2D eigenvalue weighted by Crippen LogP contribution is 2.56. The number of nitrogens with zero attached hydrogens (tertiary/aromatic N) is 3. The second kappa shape index (κ2) is 10.4. The van der Waals surface area contributed by atoms with Crippen molar-refractivity contribution in [2.24, 2.45) is 0 Å². The Labute approximate surface area is 284 Å². The Balaban J connectivity index is 1.32. The minimum Gasteiger partial charge on any atom is -0.208 e. The summed E-state index contributed by atoms with van der Waals surface area (Å²) in [5.41, 5.74) is 8.00. The number of rotatable bonds is 3. The van der Waals surface area contributed by atoms with Crippen LogP contribution in [0.25, 0.3) is 88.4 Å². The molecule has 3 nitrogen and oxygen atoms in total. The van der Waals surface area contributed by atoms with E-state index in [-0.39, 0.29) is 5.41 Å². The molecule has 10 rings (SSSR count). The van der Waals surface area contributed by atoms with Gasteiger partial charge in [-0.2, -0.15) is 0 Å². The van der Waals surface area contributed by atoms with Gasteiger partial charge < -0.3 is 0 Å². The molecule has 0 amide bonds. The maximum Gasteiger partial charge on any atom is 0.164 e. The maximum absolute atomic E-state index is 5.17. The van der Waals surface area contributed by atoms with Gasteiger partial charge in [-0.1, -0.05) is 159 Å². The lowest BCUT2D eigenvalue weighted by Gasteiger charge is -2.23. The standard InChI is InChI=1S/C46H31N3/c1-46(2)38-26-25-36-32-21-10-9-19-30(32)31-20-11-13-23-34(31)40(36)42(38)41-35-24-14-12-22-33(35)37(27-39(41)46)45-48-43(28-15-5-3-6-16-28)47-44(49-45)29-17-7-4-8-18-29/h3-27H,1-2H3. The third kappa shape index (κ3) is 4.06. The molecule has 0 spiro atoms. The van der Waals surface area contributed by atoms with Gasteiger partial charge in [0.15, 0.2) is 17.5 Å². The average Bonchev–Trinajstić information content (AvgIpc) is 3.41. The molecule has 0 atom stereocenters. The lowest BCUT2D eigenvalue weighted by Crippen LogP contribution is -2.15. The molecule has 8 aromatic carbocycles. The summed E-state index contributed by atoms with van der Waals surface area (Å²) in [6, 6.07) is 54.0. The van der Waals surface area contributed by atoms with Gasteiger partial charge in [0.25, 0.3) is 0 Å². The zero-order valence-corrected chi connectivity index (χ0v) is 27.3. The zero-order chi connectivity index (χ0) is 32.7. The summed E-state index contributed by atoms with van der Waals surface area (Å²) >= 11 is 0. The Morgan fingerprint density at radius 2 is 0.816 bits per heavy atom. The predicted octanol–water partition coefficient (Wildman–Crippen LogP) is 11.8. The first-order chi connectivity index (χ1) is 24.1. The minimum atomic E-state index is -0.248. The van der Waals surface area contributed by atoms with Crippen molar-refractivity contribution in [1.82, 2.24) is 15.0 Å². The lowest BCUT2D eigenvalue weighted by atomic mass is 9.80. The van der Waals surface area contributed by atoms with Crippen molar-refractivity contribution in [2.45, 2.75) is 19.3 Å². The quantitative estimate of drug-likeness (QED) is 0.183. The summed E-state index contributed by atoms with van der Waals surface area (Å²) in [5.74, 6) is 2.02. The monoisotopic (exact) mass is 625 g/mol. The number of aromatic nitrogens is 3. The zero-order valence-electron chi connectivity index (χ0n) is 27.3. The van der Waals surface area contributed by atoms with E-state index in [4.69, 9.17) is 15.0 Å². The van der Waals surface area contributed by atoms with E-state index in [1.807, 2.05) is 36.4 Å². The first-order valence-electron chi connectivity index (χ1n) is 16.9. The SMILES string of the molecule is CC1(C)c2cc(-c3nc(-c4ccccc4)nc(-c4ccccc4)n3)c3ccccc3c2-c2c1ccc1c3ccccc3c3ccccc3c21. The third-order valence-corrected chi connectivity index (χ3v) is 10.5. The molecule has 230 valence electrons. The number of fused-ring (bicyclic) bond motifs is 12. The predicted molar refractivity (Wildman–Crippen MR) is 204 cm³/mol. The number of hydrogen-bond donors (Lipinski definition) is 0. The molecule has 9 aromatic rings. The van der Waals surface area contributed by atoms with E-state index in [1.165, 1.54) is 60.0 Å². The first-order valence-corrected chi connectivity index (χ1v) is 16.9. The van der Waals surface area contributed by atoms with Gasteiger partial charge in [-0.15, -0.1) is 0 Å². The highest BCUT2D eigenvalue weighted by atomic mass is 15.0. The van der Waals surface area contributed by atoms with E-state index >= 15 is 0 Å². The molecule has 1 aliphatic rings. The summed E-state index contributed by atoms with van der Waals surface area (Å²) in [6.45, 7) is 4.73. The second-order valence-electron chi connectivity index (χ2n) is 13.6.